The Morgan fingerprint density at radius 2 is 1.58 bits per heavy atom. The van der Waals surface area contributed by atoms with Crippen molar-refractivity contribution < 1.29 is 4.92 Å². The van der Waals surface area contributed by atoms with Gasteiger partial charge in [-0.25, -0.2) is 0 Å². The van der Waals surface area contributed by atoms with Crippen LogP contribution in [0.3, 0.4) is 0 Å². The summed E-state index contributed by atoms with van der Waals surface area (Å²) >= 11 is 0. The van der Waals surface area contributed by atoms with Crippen molar-refractivity contribution in [2.45, 2.75) is 20.8 Å². The molecule has 1 rings (SSSR count). The van der Waals surface area contributed by atoms with Crippen LogP contribution in [0.4, 0.5) is 5.69 Å². The van der Waals surface area contributed by atoms with E-state index in [1.165, 1.54) is 0 Å². The van der Waals surface area contributed by atoms with Crippen LogP contribution in [0.25, 0.3) is 0 Å². The fourth-order valence-corrected chi connectivity index (χ4v) is 1.14. The monoisotopic (exact) mass is 165 g/mol. The second-order valence-electron chi connectivity index (χ2n) is 2.98. The molecule has 0 saturated carbocycles. The maximum atomic E-state index is 10.5. The van der Waals surface area contributed by atoms with Crippen LogP contribution in [0.15, 0.2) is 12.1 Å². The molecule has 1 aromatic rings. The summed E-state index contributed by atoms with van der Waals surface area (Å²) in [6.45, 7) is 5.58. The smallest absolute Gasteiger partial charge is 0.258 e. The molecule has 0 spiro atoms. The molecule has 3 nitrogen and oxygen atoms in total. The minimum Gasteiger partial charge on any atom is -0.258 e. The summed E-state index contributed by atoms with van der Waals surface area (Å²) in [7, 11) is 0. The zero-order valence-electron chi connectivity index (χ0n) is 7.42. The zero-order valence-corrected chi connectivity index (χ0v) is 7.42. The highest BCUT2D eigenvalue weighted by atomic mass is 16.6. The summed E-state index contributed by atoms with van der Waals surface area (Å²) in [5.41, 5.74) is 2.99. The average Bonchev–Trinajstić information content (AvgIpc) is 1.96. The molecule has 0 heterocycles. The fourth-order valence-electron chi connectivity index (χ4n) is 1.14. The van der Waals surface area contributed by atoms with Crippen LogP contribution in [0.1, 0.15) is 16.7 Å². The lowest BCUT2D eigenvalue weighted by Crippen LogP contribution is -1.93. The number of aryl methyl sites for hydroxylation is 3. The molecule has 0 aliphatic rings. The summed E-state index contributed by atoms with van der Waals surface area (Å²) in [6, 6.07) is 3.46. The third-order valence-electron chi connectivity index (χ3n) is 2.01. The van der Waals surface area contributed by atoms with E-state index in [1.54, 1.807) is 13.0 Å². The highest BCUT2D eigenvalue weighted by Gasteiger charge is 2.10. The van der Waals surface area contributed by atoms with Crippen molar-refractivity contribution in [1.29, 1.82) is 0 Å². The van der Waals surface area contributed by atoms with E-state index in [-0.39, 0.29) is 10.6 Å². The number of benzene rings is 1. The van der Waals surface area contributed by atoms with Crippen LogP contribution >= 0.6 is 0 Å². The summed E-state index contributed by atoms with van der Waals surface area (Å²) < 4.78 is 0. The number of hydrogen-bond donors (Lipinski definition) is 0. The quantitative estimate of drug-likeness (QED) is 0.474. The summed E-state index contributed by atoms with van der Waals surface area (Å²) in [5.74, 6) is 0. The first kappa shape index (κ1) is 8.71. The molecule has 0 saturated heterocycles. The van der Waals surface area contributed by atoms with Gasteiger partial charge >= 0.3 is 0 Å². The molecule has 3 heteroatoms. The van der Waals surface area contributed by atoms with E-state index < -0.39 is 0 Å². The molecule has 0 radical (unpaired) electrons. The summed E-state index contributed by atoms with van der Waals surface area (Å²) in [4.78, 5) is 10.1. The molecule has 0 amide bonds. The molecule has 0 N–H and O–H groups in total. The molecule has 0 unspecified atom stereocenters. The van der Waals surface area contributed by atoms with Gasteiger partial charge in [0.15, 0.2) is 0 Å². The zero-order chi connectivity index (χ0) is 9.30. The summed E-state index contributed by atoms with van der Waals surface area (Å²) in [5, 5.41) is 10.5. The first-order valence-corrected chi connectivity index (χ1v) is 3.74. The lowest BCUT2D eigenvalue weighted by Gasteiger charge is -2.01. The third-order valence-corrected chi connectivity index (χ3v) is 2.01. The Bertz CT molecular complexity index is 332. The molecule has 1 aromatic carbocycles. The first-order chi connectivity index (χ1) is 5.52. The van der Waals surface area contributed by atoms with Gasteiger partial charge in [0.05, 0.1) is 4.92 Å². The molecule has 0 aliphatic carbocycles. The Kier molecular flexibility index (Phi) is 2.13. The maximum absolute atomic E-state index is 10.5. The number of nitrogens with zero attached hydrogens (tertiary/aromatic N) is 1. The Morgan fingerprint density at radius 1 is 1.08 bits per heavy atom. The van der Waals surface area contributed by atoms with Crippen LogP contribution in [0, 0.1) is 30.9 Å². The largest absolute Gasteiger partial charge is 0.272 e. The molecule has 0 fully saturated rings. The van der Waals surface area contributed by atoms with E-state index in [4.69, 9.17) is 0 Å². The Balaban J connectivity index is 3.33. The lowest BCUT2D eigenvalue weighted by atomic mass is 10.1. The van der Waals surface area contributed by atoms with E-state index in [0.29, 0.717) is 0 Å². The SMILES string of the molecule is Cc1cc(C)c([N+](=O)[O-])cc1C. The molecule has 0 aliphatic heterocycles. The van der Waals surface area contributed by atoms with Gasteiger partial charge in [0.1, 0.15) is 0 Å². The Morgan fingerprint density at radius 3 is 2.08 bits per heavy atom. The van der Waals surface area contributed by atoms with Crippen molar-refractivity contribution >= 4 is 5.69 Å². The molecule has 0 aromatic heterocycles. The third kappa shape index (κ3) is 1.44. The second kappa shape index (κ2) is 2.93. The topological polar surface area (TPSA) is 43.1 Å². The van der Waals surface area contributed by atoms with Gasteiger partial charge in [0.25, 0.3) is 5.69 Å². The van der Waals surface area contributed by atoms with Gasteiger partial charge in [-0.15, -0.1) is 0 Å². The fraction of sp³-hybridized carbons (Fsp3) is 0.333. The van der Waals surface area contributed by atoms with Crippen LogP contribution in [0.5, 0.6) is 0 Å². The van der Waals surface area contributed by atoms with E-state index in [0.717, 1.165) is 16.7 Å². The van der Waals surface area contributed by atoms with Gasteiger partial charge in [-0.1, -0.05) is 0 Å². The van der Waals surface area contributed by atoms with E-state index in [1.807, 2.05) is 19.9 Å². The highest BCUT2D eigenvalue weighted by molar-refractivity contribution is 5.45. The molecule has 0 atom stereocenters. The van der Waals surface area contributed by atoms with Crippen molar-refractivity contribution in [3.63, 3.8) is 0 Å². The highest BCUT2D eigenvalue weighted by Crippen LogP contribution is 2.21. The number of nitro benzene ring substituents is 1. The molecular weight excluding hydrogens is 154 g/mol. The van der Waals surface area contributed by atoms with Crippen LogP contribution in [0.2, 0.25) is 0 Å². The number of rotatable bonds is 1. The van der Waals surface area contributed by atoms with Gasteiger partial charge < -0.3 is 0 Å². The van der Waals surface area contributed by atoms with E-state index in [2.05, 4.69) is 0 Å². The predicted octanol–water partition coefficient (Wildman–Crippen LogP) is 2.52. The van der Waals surface area contributed by atoms with Gasteiger partial charge in [-0.3, -0.25) is 10.1 Å². The molecular formula is C9H11NO2. The van der Waals surface area contributed by atoms with Crippen LogP contribution in [-0.2, 0) is 0 Å². The average molecular weight is 165 g/mol. The van der Waals surface area contributed by atoms with E-state index in [9.17, 15) is 10.1 Å². The van der Waals surface area contributed by atoms with Gasteiger partial charge in [-0.2, -0.15) is 0 Å². The number of nitro groups is 1. The molecule has 12 heavy (non-hydrogen) atoms. The Hall–Kier alpha value is -1.38. The van der Waals surface area contributed by atoms with Crippen molar-refractivity contribution in [3.8, 4) is 0 Å². The van der Waals surface area contributed by atoms with Crippen molar-refractivity contribution in [2.24, 2.45) is 0 Å². The Labute approximate surface area is 71.2 Å². The molecule has 0 bridgehead atoms. The lowest BCUT2D eigenvalue weighted by molar-refractivity contribution is -0.385. The normalized spacial score (nSPS) is 9.92. The van der Waals surface area contributed by atoms with Crippen LogP contribution < -0.4 is 0 Å². The van der Waals surface area contributed by atoms with Gasteiger partial charge in [0.2, 0.25) is 0 Å². The van der Waals surface area contributed by atoms with E-state index >= 15 is 0 Å². The predicted molar refractivity (Wildman–Crippen MR) is 47.3 cm³/mol. The van der Waals surface area contributed by atoms with Gasteiger partial charge in [-0.05, 0) is 38.0 Å². The second-order valence-corrected chi connectivity index (χ2v) is 2.98. The van der Waals surface area contributed by atoms with Crippen LogP contribution in [-0.4, -0.2) is 4.92 Å². The molecule has 64 valence electrons. The first-order valence-electron chi connectivity index (χ1n) is 3.74. The van der Waals surface area contributed by atoms with Crippen molar-refractivity contribution in [3.05, 3.63) is 38.9 Å². The number of hydrogen-bond acceptors (Lipinski definition) is 2. The maximum Gasteiger partial charge on any atom is 0.272 e. The minimum atomic E-state index is -0.345. The van der Waals surface area contributed by atoms with Gasteiger partial charge in [0, 0.05) is 11.6 Å². The standard InChI is InChI=1S/C9H11NO2/c1-6-4-8(3)9(10(11)12)5-7(6)2/h4-5H,1-3H3. The summed E-state index contributed by atoms with van der Waals surface area (Å²) in [6.07, 6.45) is 0. The minimum absolute atomic E-state index is 0.207. The van der Waals surface area contributed by atoms with Crippen molar-refractivity contribution in [1.82, 2.24) is 0 Å². The van der Waals surface area contributed by atoms with Crippen molar-refractivity contribution in [2.75, 3.05) is 0 Å².